The van der Waals surface area contributed by atoms with Crippen molar-refractivity contribution in [2.24, 2.45) is 4.99 Å². The van der Waals surface area contributed by atoms with E-state index < -0.39 is 0 Å². The Kier molecular flexibility index (Phi) is 8.21. The van der Waals surface area contributed by atoms with Crippen molar-refractivity contribution in [3.05, 3.63) is 59.5 Å². The van der Waals surface area contributed by atoms with Crippen LogP contribution >= 0.6 is 0 Å². The average Bonchev–Trinajstić information content (AvgIpc) is 3.19. The Bertz CT molecular complexity index is 699. The molecule has 0 bridgehead atoms. The maximum Gasteiger partial charge on any atom is 0.251 e. The van der Waals surface area contributed by atoms with Crippen LogP contribution in [0.4, 0.5) is 0 Å². The lowest BCUT2D eigenvalue weighted by Crippen LogP contribution is -2.37. The number of benzene rings is 1. The van der Waals surface area contributed by atoms with Crippen molar-refractivity contribution in [2.75, 3.05) is 27.3 Å². The fraction of sp³-hybridized carbons (Fsp3) is 0.368. The number of hydrogen-bond acceptors (Lipinski definition) is 4. The summed E-state index contributed by atoms with van der Waals surface area (Å²) in [7, 11) is 3.41. The second kappa shape index (κ2) is 10.9. The minimum Gasteiger partial charge on any atom is -0.467 e. The molecule has 0 aliphatic rings. The number of aliphatic imine (C=N–C) groups is 1. The van der Waals surface area contributed by atoms with Crippen molar-refractivity contribution in [1.82, 2.24) is 16.0 Å². The molecule has 140 valence electrons. The first kappa shape index (κ1) is 19.5. The summed E-state index contributed by atoms with van der Waals surface area (Å²) in [5.41, 5.74) is 1.61. The standard InChI is InChI=1S/C19H26N4O3/c1-20-19(21-9-5-10-25-2)23-13-15-6-3-7-16(12-15)18(24)22-14-17-8-4-11-26-17/h3-4,6-8,11-12H,5,9-10,13-14H2,1-2H3,(H,22,24)(H2,20,21,23). The molecule has 0 saturated heterocycles. The molecule has 0 fully saturated rings. The summed E-state index contributed by atoms with van der Waals surface area (Å²) in [6.45, 7) is 2.43. The summed E-state index contributed by atoms with van der Waals surface area (Å²) in [5, 5.41) is 9.29. The number of nitrogens with one attached hydrogen (secondary N) is 3. The number of nitrogens with zero attached hydrogens (tertiary/aromatic N) is 1. The molecular weight excluding hydrogens is 332 g/mol. The van der Waals surface area contributed by atoms with Gasteiger partial charge in [0.1, 0.15) is 5.76 Å². The minimum absolute atomic E-state index is 0.134. The van der Waals surface area contributed by atoms with E-state index in [9.17, 15) is 4.79 Å². The molecule has 0 aliphatic carbocycles. The SMILES string of the molecule is CN=C(NCCCOC)NCc1cccc(C(=O)NCc2ccco2)c1. The zero-order valence-electron chi connectivity index (χ0n) is 15.2. The first-order valence-corrected chi connectivity index (χ1v) is 8.56. The predicted octanol–water partition coefficient (Wildman–Crippen LogP) is 1.91. The van der Waals surface area contributed by atoms with Crippen LogP contribution in [0.3, 0.4) is 0 Å². The molecule has 0 aliphatic heterocycles. The van der Waals surface area contributed by atoms with Gasteiger partial charge in [0.05, 0.1) is 12.8 Å². The van der Waals surface area contributed by atoms with Gasteiger partial charge in [0.2, 0.25) is 0 Å². The molecule has 26 heavy (non-hydrogen) atoms. The third kappa shape index (κ3) is 6.60. The largest absolute Gasteiger partial charge is 0.467 e. The summed E-state index contributed by atoms with van der Waals surface area (Å²) in [5.74, 6) is 1.30. The molecule has 7 nitrogen and oxygen atoms in total. The second-order valence-corrected chi connectivity index (χ2v) is 5.66. The van der Waals surface area contributed by atoms with Crippen LogP contribution in [-0.2, 0) is 17.8 Å². The highest BCUT2D eigenvalue weighted by atomic mass is 16.5. The maximum atomic E-state index is 12.3. The summed E-state index contributed by atoms with van der Waals surface area (Å²) in [4.78, 5) is 16.4. The molecule has 0 atom stereocenters. The van der Waals surface area contributed by atoms with Crippen LogP contribution in [0.15, 0.2) is 52.1 Å². The van der Waals surface area contributed by atoms with Gasteiger partial charge in [-0.3, -0.25) is 9.79 Å². The highest BCUT2D eigenvalue weighted by Crippen LogP contribution is 2.06. The zero-order chi connectivity index (χ0) is 18.6. The van der Waals surface area contributed by atoms with Crippen molar-refractivity contribution in [1.29, 1.82) is 0 Å². The molecule has 1 heterocycles. The number of carbonyl (C=O) groups is 1. The Morgan fingerprint density at radius 3 is 2.77 bits per heavy atom. The molecule has 3 N–H and O–H groups in total. The predicted molar refractivity (Wildman–Crippen MR) is 101 cm³/mol. The molecule has 0 spiro atoms. The highest BCUT2D eigenvalue weighted by molar-refractivity contribution is 5.94. The lowest BCUT2D eigenvalue weighted by Gasteiger charge is -2.12. The van der Waals surface area contributed by atoms with Gasteiger partial charge in [-0.1, -0.05) is 12.1 Å². The number of guanidine groups is 1. The maximum absolute atomic E-state index is 12.3. The van der Waals surface area contributed by atoms with E-state index in [-0.39, 0.29) is 5.91 Å². The zero-order valence-corrected chi connectivity index (χ0v) is 15.2. The third-order valence-electron chi connectivity index (χ3n) is 3.69. The van der Waals surface area contributed by atoms with Gasteiger partial charge < -0.3 is 25.1 Å². The van der Waals surface area contributed by atoms with Gasteiger partial charge >= 0.3 is 0 Å². The molecule has 0 saturated carbocycles. The van der Waals surface area contributed by atoms with E-state index in [0.29, 0.717) is 31.2 Å². The lowest BCUT2D eigenvalue weighted by molar-refractivity contribution is 0.0948. The summed E-state index contributed by atoms with van der Waals surface area (Å²) in [6, 6.07) is 11.1. The van der Waals surface area contributed by atoms with Gasteiger partial charge in [-0.15, -0.1) is 0 Å². The number of hydrogen-bond donors (Lipinski definition) is 3. The number of furan rings is 1. The minimum atomic E-state index is -0.134. The van der Waals surface area contributed by atoms with Crippen molar-refractivity contribution in [3.8, 4) is 0 Å². The Morgan fingerprint density at radius 1 is 1.15 bits per heavy atom. The Labute approximate surface area is 153 Å². The van der Waals surface area contributed by atoms with Gasteiger partial charge in [-0.05, 0) is 36.2 Å². The quantitative estimate of drug-likeness (QED) is 0.362. The van der Waals surface area contributed by atoms with Gasteiger partial charge in [-0.25, -0.2) is 0 Å². The summed E-state index contributed by atoms with van der Waals surface area (Å²) >= 11 is 0. The molecule has 0 unspecified atom stereocenters. The highest BCUT2D eigenvalue weighted by Gasteiger charge is 2.07. The Hall–Kier alpha value is -2.80. The van der Waals surface area contributed by atoms with Crippen LogP contribution in [-0.4, -0.2) is 39.2 Å². The average molecular weight is 358 g/mol. The third-order valence-corrected chi connectivity index (χ3v) is 3.69. The lowest BCUT2D eigenvalue weighted by atomic mass is 10.1. The molecule has 1 aromatic carbocycles. The normalized spacial score (nSPS) is 11.2. The Morgan fingerprint density at radius 2 is 2.04 bits per heavy atom. The monoisotopic (exact) mass is 358 g/mol. The van der Waals surface area contributed by atoms with E-state index in [1.807, 2.05) is 24.3 Å². The van der Waals surface area contributed by atoms with Crippen LogP contribution in [0.5, 0.6) is 0 Å². The number of methoxy groups -OCH3 is 1. The summed E-state index contributed by atoms with van der Waals surface area (Å²) < 4.78 is 10.2. The van der Waals surface area contributed by atoms with E-state index in [0.717, 1.165) is 24.3 Å². The van der Waals surface area contributed by atoms with Crippen molar-refractivity contribution >= 4 is 11.9 Å². The topological polar surface area (TPSA) is 87.9 Å². The van der Waals surface area contributed by atoms with E-state index in [1.165, 1.54) is 0 Å². The summed E-state index contributed by atoms with van der Waals surface area (Å²) in [6.07, 6.45) is 2.49. The first-order chi connectivity index (χ1) is 12.7. The fourth-order valence-corrected chi connectivity index (χ4v) is 2.33. The van der Waals surface area contributed by atoms with Crippen LogP contribution in [0.25, 0.3) is 0 Å². The van der Waals surface area contributed by atoms with Gasteiger partial charge in [0.25, 0.3) is 5.91 Å². The van der Waals surface area contributed by atoms with Crippen LogP contribution in [0.2, 0.25) is 0 Å². The van der Waals surface area contributed by atoms with Gasteiger partial charge in [0, 0.05) is 39.4 Å². The number of amides is 1. The molecule has 1 amide bonds. The van der Waals surface area contributed by atoms with Crippen molar-refractivity contribution in [3.63, 3.8) is 0 Å². The van der Waals surface area contributed by atoms with E-state index >= 15 is 0 Å². The fourth-order valence-electron chi connectivity index (χ4n) is 2.33. The van der Waals surface area contributed by atoms with Crippen molar-refractivity contribution in [2.45, 2.75) is 19.5 Å². The van der Waals surface area contributed by atoms with Crippen molar-refractivity contribution < 1.29 is 13.9 Å². The first-order valence-electron chi connectivity index (χ1n) is 8.56. The van der Waals surface area contributed by atoms with Gasteiger partial charge in [-0.2, -0.15) is 0 Å². The molecule has 7 heteroatoms. The Balaban J connectivity index is 1.82. The number of rotatable bonds is 9. The van der Waals surface area contributed by atoms with E-state index in [4.69, 9.17) is 9.15 Å². The van der Waals surface area contributed by atoms with Crippen LogP contribution in [0.1, 0.15) is 28.1 Å². The molecule has 2 rings (SSSR count). The molecule has 0 radical (unpaired) electrons. The smallest absolute Gasteiger partial charge is 0.251 e. The molecule has 1 aromatic heterocycles. The van der Waals surface area contributed by atoms with Crippen LogP contribution in [0, 0.1) is 0 Å². The molecular formula is C19H26N4O3. The van der Waals surface area contributed by atoms with Crippen LogP contribution < -0.4 is 16.0 Å². The second-order valence-electron chi connectivity index (χ2n) is 5.66. The number of carbonyl (C=O) groups excluding carboxylic acids is 1. The van der Waals surface area contributed by atoms with E-state index in [2.05, 4.69) is 20.9 Å². The van der Waals surface area contributed by atoms with E-state index in [1.54, 1.807) is 32.6 Å². The van der Waals surface area contributed by atoms with Gasteiger partial charge in [0.15, 0.2) is 5.96 Å². The molecule has 2 aromatic rings. The number of ether oxygens (including phenoxy) is 1.